The van der Waals surface area contributed by atoms with Crippen LogP contribution in [0.25, 0.3) is 0 Å². The van der Waals surface area contributed by atoms with Crippen molar-refractivity contribution in [2.24, 2.45) is 11.8 Å². The third-order valence-corrected chi connectivity index (χ3v) is 5.93. The lowest BCUT2D eigenvalue weighted by Crippen LogP contribution is -2.38. The Bertz CT molecular complexity index is 670. The lowest BCUT2D eigenvalue weighted by atomic mass is 9.85. The summed E-state index contributed by atoms with van der Waals surface area (Å²) < 4.78 is 6.16. The molecule has 2 aromatic carbocycles. The number of hydrogen-bond acceptors (Lipinski definition) is 2. The first-order valence-corrected chi connectivity index (χ1v) is 8.98. The topological polar surface area (TPSA) is 26.3 Å². The van der Waals surface area contributed by atoms with E-state index < -0.39 is 0 Å². The van der Waals surface area contributed by atoms with Gasteiger partial charge in [0.25, 0.3) is 0 Å². The molecular weight excluding hydrogens is 296 g/mol. The molecule has 2 nitrogen and oxygen atoms in total. The van der Waals surface area contributed by atoms with Crippen molar-refractivity contribution in [1.29, 1.82) is 0 Å². The molecule has 0 aromatic heterocycles. The molecule has 24 heavy (non-hydrogen) atoms. The molecule has 0 aliphatic heterocycles. The standard InChI is InChI=1S/C22H24O2/c1-22(15-16-12-13-19(22)14-16)24-21(23)20(17-8-4-2-5-9-17)18-10-6-3-7-11-18/h2-11,16,19-20H,12-15H2,1H3/t16-,19+,22+/m1/s1. The van der Waals surface area contributed by atoms with Gasteiger partial charge < -0.3 is 4.74 Å². The van der Waals surface area contributed by atoms with Crippen LogP contribution in [0.4, 0.5) is 0 Å². The van der Waals surface area contributed by atoms with Gasteiger partial charge in [0.1, 0.15) is 11.5 Å². The molecule has 0 heterocycles. The summed E-state index contributed by atoms with van der Waals surface area (Å²) in [5.41, 5.74) is 1.72. The molecule has 0 spiro atoms. The Labute approximate surface area is 143 Å². The second-order valence-corrected chi connectivity index (χ2v) is 7.57. The maximum absolute atomic E-state index is 13.2. The molecule has 2 saturated carbocycles. The van der Waals surface area contributed by atoms with Gasteiger partial charge in [-0.2, -0.15) is 0 Å². The van der Waals surface area contributed by atoms with Gasteiger partial charge in [-0.3, -0.25) is 4.79 Å². The Kier molecular flexibility index (Phi) is 3.91. The smallest absolute Gasteiger partial charge is 0.318 e. The quantitative estimate of drug-likeness (QED) is 0.746. The van der Waals surface area contributed by atoms with Crippen LogP contribution in [0.5, 0.6) is 0 Å². The first kappa shape index (κ1) is 15.4. The highest BCUT2D eigenvalue weighted by Crippen LogP contribution is 2.52. The van der Waals surface area contributed by atoms with Crippen molar-refractivity contribution < 1.29 is 9.53 Å². The van der Waals surface area contributed by atoms with Gasteiger partial charge in [0.2, 0.25) is 0 Å². The lowest BCUT2D eigenvalue weighted by Gasteiger charge is -2.35. The van der Waals surface area contributed by atoms with Crippen molar-refractivity contribution in [2.75, 3.05) is 0 Å². The molecule has 3 atom stereocenters. The minimum atomic E-state index is -0.344. The van der Waals surface area contributed by atoms with Gasteiger partial charge in [-0.25, -0.2) is 0 Å². The van der Waals surface area contributed by atoms with Gasteiger partial charge in [-0.15, -0.1) is 0 Å². The molecule has 4 rings (SSSR count). The normalized spacial score (nSPS) is 28.2. The van der Waals surface area contributed by atoms with Gasteiger partial charge in [-0.05, 0) is 55.6 Å². The molecule has 2 heteroatoms. The van der Waals surface area contributed by atoms with Crippen LogP contribution in [0.15, 0.2) is 60.7 Å². The molecule has 2 aromatic rings. The molecule has 0 saturated heterocycles. The van der Waals surface area contributed by atoms with Gasteiger partial charge in [0.15, 0.2) is 0 Å². The molecule has 2 aliphatic rings. The predicted molar refractivity (Wildman–Crippen MR) is 94.7 cm³/mol. The number of carbonyl (C=O) groups excluding carboxylic acids is 1. The van der Waals surface area contributed by atoms with Crippen LogP contribution in [0.3, 0.4) is 0 Å². The van der Waals surface area contributed by atoms with Crippen molar-refractivity contribution in [3.63, 3.8) is 0 Å². The van der Waals surface area contributed by atoms with E-state index in [2.05, 4.69) is 6.92 Å². The Morgan fingerprint density at radius 3 is 2.04 bits per heavy atom. The summed E-state index contributed by atoms with van der Waals surface area (Å²) in [4.78, 5) is 13.2. The fraction of sp³-hybridized carbons (Fsp3) is 0.409. The van der Waals surface area contributed by atoms with Crippen molar-refractivity contribution in [2.45, 2.75) is 44.1 Å². The first-order chi connectivity index (χ1) is 11.7. The zero-order valence-corrected chi connectivity index (χ0v) is 14.2. The third-order valence-electron chi connectivity index (χ3n) is 5.93. The van der Waals surface area contributed by atoms with E-state index >= 15 is 0 Å². The SMILES string of the molecule is C[C@]1(OC(=O)C(c2ccccc2)c2ccccc2)C[C@@H]2CC[C@H]1C2. The second kappa shape index (κ2) is 6.08. The Morgan fingerprint density at radius 1 is 1.00 bits per heavy atom. The molecular formula is C22H24O2. The van der Waals surface area contributed by atoms with E-state index in [0.29, 0.717) is 5.92 Å². The Morgan fingerprint density at radius 2 is 1.58 bits per heavy atom. The van der Waals surface area contributed by atoms with Crippen molar-refractivity contribution in [3.05, 3.63) is 71.8 Å². The minimum Gasteiger partial charge on any atom is -0.458 e. The first-order valence-electron chi connectivity index (χ1n) is 8.98. The minimum absolute atomic E-state index is 0.109. The van der Waals surface area contributed by atoms with E-state index in [4.69, 9.17) is 4.74 Å². The molecule has 0 N–H and O–H groups in total. The molecule has 0 amide bonds. The summed E-state index contributed by atoms with van der Waals surface area (Å²) in [5.74, 6) is 0.837. The molecule has 2 bridgehead atoms. The highest BCUT2D eigenvalue weighted by Gasteiger charge is 2.51. The number of hydrogen-bond donors (Lipinski definition) is 0. The predicted octanol–water partition coefficient (Wildman–Crippen LogP) is 4.94. The molecule has 124 valence electrons. The van der Waals surface area contributed by atoms with E-state index in [1.165, 1.54) is 19.3 Å². The fourth-order valence-corrected chi connectivity index (χ4v) is 4.72. The highest BCUT2D eigenvalue weighted by molar-refractivity contribution is 5.82. The van der Waals surface area contributed by atoms with Crippen molar-refractivity contribution in [1.82, 2.24) is 0 Å². The van der Waals surface area contributed by atoms with E-state index in [1.54, 1.807) is 0 Å². The van der Waals surface area contributed by atoms with Crippen LogP contribution in [-0.4, -0.2) is 11.6 Å². The Hall–Kier alpha value is -2.09. The highest BCUT2D eigenvalue weighted by atomic mass is 16.6. The molecule has 2 aliphatic carbocycles. The maximum Gasteiger partial charge on any atom is 0.318 e. The summed E-state index contributed by atoms with van der Waals surface area (Å²) in [6, 6.07) is 20.0. The summed E-state index contributed by atoms with van der Waals surface area (Å²) in [6.07, 6.45) is 4.76. The Balaban J connectivity index is 1.63. The van der Waals surface area contributed by atoms with Gasteiger partial charge in [-0.1, -0.05) is 60.7 Å². The van der Waals surface area contributed by atoms with Crippen LogP contribution in [0, 0.1) is 11.8 Å². The maximum atomic E-state index is 13.2. The summed E-state index contributed by atoms with van der Waals surface area (Å²) in [5, 5.41) is 0. The zero-order valence-electron chi connectivity index (χ0n) is 14.2. The second-order valence-electron chi connectivity index (χ2n) is 7.57. The monoisotopic (exact) mass is 320 g/mol. The lowest BCUT2D eigenvalue weighted by molar-refractivity contribution is -0.164. The van der Waals surface area contributed by atoms with Gasteiger partial charge >= 0.3 is 5.97 Å². The summed E-state index contributed by atoms with van der Waals surface area (Å²) in [6.45, 7) is 2.14. The van der Waals surface area contributed by atoms with Crippen molar-refractivity contribution in [3.8, 4) is 0 Å². The number of carbonyl (C=O) groups is 1. The molecule has 2 fully saturated rings. The summed E-state index contributed by atoms with van der Waals surface area (Å²) in [7, 11) is 0. The number of ether oxygens (including phenoxy) is 1. The third kappa shape index (κ3) is 2.75. The van der Waals surface area contributed by atoms with Crippen LogP contribution in [0.2, 0.25) is 0 Å². The summed E-state index contributed by atoms with van der Waals surface area (Å²) >= 11 is 0. The van der Waals surface area contributed by atoms with Gasteiger partial charge in [0.05, 0.1) is 0 Å². The average Bonchev–Trinajstić information content (AvgIpc) is 3.17. The van der Waals surface area contributed by atoms with E-state index in [-0.39, 0.29) is 17.5 Å². The molecule has 0 unspecified atom stereocenters. The number of benzene rings is 2. The number of esters is 1. The van der Waals surface area contributed by atoms with Crippen LogP contribution in [0.1, 0.15) is 49.7 Å². The zero-order chi connectivity index (χ0) is 16.6. The van der Waals surface area contributed by atoms with Crippen LogP contribution < -0.4 is 0 Å². The van der Waals surface area contributed by atoms with Gasteiger partial charge in [0, 0.05) is 0 Å². The number of fused-ring (bicyclic) bond motifs is 2. The average molecular weight is 320 g/mol. The van der Waals surface area contributed by atoms with Crippen LogP contribution in [-0.2, 0) is 9.53 Å². The largest absolute Gasteiger partial charge is 0.458 e. The number of rotatable bonds is 4. The van der Waals surface area contributed by atoms with Crippen molar-refractivity contribution >= 4 is 5.97 Å². The fourth-order valence-electron chi connectivity index (χ4n) is 4.72. The molecule has 0 radical (unpaired) electrons. The van der Waals surface area contributed by atoms with Crippen LogP contribution >= 0.6 is 0 Å². The van der Waals surface area contributed by atoms with E-state index in [9.17, 15) is 4.79 Å². The van der Waals surface area contributed by atoms with E-state index in [0.717, 1.165) is 23.5 Å². The van der Waals surface area contributed by atoms with E-state index in [1.807, 2.05) is 60.7 Å².